The Hall–Kier alpha value is -1.01. The Bertz CT molecular complexity index is 415. The molecule has 2 N–H and O–H groups in total. The van der Waals surface area contributed by atoms with Gasteiger partial charge in [0.25, 0.3) is 0 Å². The number of carbonyl (C=O) groups is 1. The number of hydrogen-bond donors (Lipinski definition) is 2. The van der Waals surface area contributed by atoms with Crippen LogP contribution >= 0.6 is 11.8 Å². The molecule has 5 nitrogen and oxygen atoms in total. The van der Waals surface area contributed by atoms with E-state index in [1.165, 1.54) is 24.3 Å². The molecule has 1 aliphatic rings. The van der Waals surface area contributed by atoms with E-state index in [1.54, 1.807) is 17.9 Å². The van der Waals surface area contributed by atoms with Crippen LogP contribution in [0.2, 0.25) is 0 Å². The molecule has 19 heavy (non-hydrogen) atoms. The first kappa shape index (κ1) is 14.4. The van der Waals surface area contributed by atoms with E-state index in [-0.39, 0.29) is 11.9 Å². The molecule has 1 atom stereocenters. The van der Waals surface area contributed by atoms with Gasteiger partial charge in [0.1, 0.15) is 6.04 Å². The number of aromatic nitrogens is 2. The number of aryl methyl sites for hydroxylation is 1. The third-order valence-corrected chi connectivity index (χ3v) is 4.56. The van der Waals surface area contributed by atoms with Crippen LogP contribution < -0.4 is 10.6 Å². The molecule has 1 unspecified atom stereocenters. The molecule has 1 amide bonds. The van der Waals surface area contributed by atoms with Gasteiger partial charge >= 0.3 is 0 Å². The minimum Gasteiger partial charge on any atom is -0.354 e. The Morgan fingerprint density at radius 1 is 1.58 bits per heavy atom. The molecular weight excluding hydrogens is 260 g/mol. The molecule has 2 rings (SSSR count). The fraction of sp³-hybridized carbons (Fsp3) is 0.692. The first-order valence-corrected chi connectivity index (χ1v) is 7.87. The lowest BCUT2D eigenvalue weighted by Gasteiger charge is -2.23. The van der Waals surface area contributed by atoms with E-state index in [9.17, 15) is 4.79 Å². The van der Waals surface area contributed by atoms with E-state index >= 15 is 0 Å². The maximum absolute atomic E-state index is 12.2. The van der Waals surface area contributed by atoms with Crippen molar-refractivity contribution < 1.29 is 4.79 Å². The van der Waals surface area contributed by atoms with E-state index in [0.717, 1.165) is 12.1 Å². The molecule has 0 spiro atoms. The van der Waals surface area contributed by atoms with Gasteiger partial charge in [-0.1, -0.05) is 0 Å². The van der Waals surface area contributed by atoms with Gasteiger partial charge in [-0.15, -0.1) is 0 Å². The molecule has 0 aliphatic carbocycles. The zero-order chi connectivity index (χ0) is 13.7. The van der Waals surface area contributed by atoms with Crippen LogP contribution in [0.5, 0.6) is 0 Å². The van der Waals surface area contributed by atoms with Crippen molar-refractivity contribution >= 4 is 17.7 Å². The van der Waals surface area contributed by atoms with Crippen molar-refractivity contribution in [3.8, 4) is 0 Å². The summed E-state index contributed by atoms with van der Waals surface area (Å²) in [7, 11) is 3.66. The molecule has 0 radical (unpaired) electrons. The summed E-state index contributed by atoms with van der Waals surface area (Å²) >= 11 is 2.01. The Morgan fingerprint density at radius 3 is 2.89 bits per heavy atom. The minimum absolute atomic E-state index is 0.0359. The monoisotopic (exact) mass is 282 g/mol. The number of nitrogens with one attached hydrogen (secondary N) is 2. The van der Waals surface area contributed by atoms with Crippen LogP contribution in [-0.2, 0) is 11.8 Å². The predicted molar refractivity (Wildman–Crippen MR) is 78.1 cm³/mol. The van der Waals surface area contributed by atoms with Gasteiger partial charge in [0.05, 0.1) is 6.20 Å². The first-order chi connectivity index (χ1) is 9.20. The number of hydrogen-bond acceptors (Lipinski definition) is 4. The molecule has 1 fully saturated rings. The lowest BCUT2D eigenvalue weighted by molar-refractivity contribution is -0.123. The van der Waals surface area contributed by atoms with Crippen molar-refractivity contribution in [2.75, 3.05) is 25.1 Å². The summed E-state index contributed by atoms with van der Waals surface area (Å²) < 4.78 is 1.71. The fourth-order valence-electron chi connectivity index (χ4n) is 2.34. The lowest BCUT2D eigenvalue weighted by atomic mass is 10.0. The predicted octanol–water partition coefficient (Wildman–Crippen LogP) is 0.940. The van der Waals surface area contributed by atoms with E-state index in [4.69, 9.17) is 0 Å². The topological polar surface area (TPSA) is 59.0 Å². The molecular formula is C13H22N4OS. The summed E-state index contributed by atoms with van der Waals surface area (Å²) in [6, 6.07) is -0.313. The van der Waals surface area contributed by atoms with Crippen LogP contribution in [0.3, 0.4) is 0 Å². The van der Waals surface area contributed by atoms with Gasteiger partial charge < -0.3 is 10.6 Å². The highest BCUT2D eigenvalue weighted by atomic mass is 32.2. The minimum atomic E-state index is -0.313. The van der Waals surface area contributed by atoms with Crippen LogP contribution in [0, 0.1) is 5.92 Å². The summed E-state index contributed by atoms with van der Waals surface area (Å²) in [5.41, 5.74) is 0.904. The van der Waals surface area contributed by atoms with Gasteiger partial charge in [-0.3, -0.25) is 9.48 Å². The van der Waals surface area contributed by atoms with E-state index in [2.05, 4.69) is 15.7 Å². The largest absolute Gasteiger partial charge is 0.354 e. The van der Waals surface area contributed by atoms with Crippen molar-refractivity contribution in [1.29, 1.82) is 0 Å². The van der Waals surface area contributed by atoms with Gasteiger partial charge in [0.15, 0.2) is 0 Å². The van der Waals surface area contributed by atoms with Crippen LogP contribution in [0.4, 0.5) is 0 Å². The molecule has 0 saturated carbocycles. The molecule has 0 bridgehead atoms. The second kappa shape index (κ2) is 6.96. The zero-order valence-electron chi connectivity index (χ0n) is 11.6. The quantitative estimate of drug-likeness (QED) is 0.844. The third-order valence-electron chi connectivity index (χ3n) is 3.51. The summed E-state index contributed by atoms with van der Waals surface area (Å²) in [5, 5.41) is 10.2. The maximum Gasteiger partial charge on any atom is 0.241 e. The van der Waals surface area contributed by atoms with Crippen molar-refractivity contribution in [1.82, 2.24) is 20.4 Å². The molecule has 6 heteroatoms. The smallest absolute Gasteiger partial charge is 0.241 e. The number of rotatable bonds is 5. The Balaban J connectivity index is 1.86. The number of thioether (sulfide) groups is 1. The average molecular weight is 282 g/mol. The third kappa shape index (κ3) is 3.98. The lowest BCUT2D eigenvalue weighted by Crippen LogP contribution is -2.38. The number of nitrogens with zero attached hydrogens (tertiary/aromatic N) is 2. The van der Waals surface area contributed by atoms with Gasteiger partial charge in [0, 0.05) is 25.4 Å². The summed E-state index contributed by atoms with van der Waals surface area (Å²) in [4.78, 5) is 12.2. The van der Waals surface area contributed by atoms with Crippen LogP contribution in [-0.4, -0.2) is 40.8 Å². The van der Waals surface area contributed by atoms with E-state index < -0.39 is 0 Å². The molecule has 1 aliphatic heterocycles. The highest BCUT2D eigenvalue weighted by molar-refractivity contribution is 7.99. The highest BCUT2D eigenvalue weighted by Gasteiger charge is 2.21. The Labute approximate surface area is 118 Å². The zero-order valence-corrected chi connectivity index (χ0v) is 12.4. The molecule has 0 aromatic carbocycles. The second-order valence-electron chi connectivity index (χ2n) is 4.97. The van der Waals surface area contributed by atoms with Gasteiger partial charge in [-0.25, -0.2) is 0 Å². The van der Waals surface area contributed by atoms with Crippen molar-refractivity contribution in [2.24, 2.45) is 13.0 Å². The molecule has 1 aromatic rings. The molecule has 1 saturated heterocycles. The van der Waals surface area contributed by atoms with Crippen molar-refractivity contribution in [2.45, 2.75) is 18.9 Å². The Kier molecular flexibility index (Phi) is 5.27. The number of amides is 1. The maximum atomic E-state index is 12.2. The summed E-state index contributed by atoms with van der Waals surface area (Å²) in [6.07, 6.45) is 6.03. The SMILES string of the molecule is CNC(C(=O)NCC1CCSCC1)c1cnn(C)c1. The number of likely N-dealkylation sites (N-methyl/N-ethyl adjacent to an activating group) is 1. The summed E-state index contributed by atoms with van der Waals surface area (Å²) in [5.74, 6) is 3.11. The number of carbonyl (C=O) groups excluding carboxylic acids is 1. The Morgan fingerprint density at radius 2 is 2.32 bits per heavy atom. The average Bonchev–Trinajstić information content (AvgIpc) is 2.85. The van der Waals surface area contributed by atoms with Crippen LogP contribution in [0.1, 0.15) is 24.4 Å². The molecule has 106 valence electrons. The standard InChI is InChI=1S/C13H22N4OS/c1-14-12(11-8-16-17(2)9-11)13(18)15-7-10-3-5-19-6-4-10/h8-10,12,14H,3-7H2,1-2H3,(H,15,18). The first-order valence-electron chi connectivity index (χ1n) is 6.72. The van der Waals surface area contributed by atoms with E-state index in [1.807, 2.05) is 25.0 Å². The van der Waals surface area contributed by atoms with Gasteiger partial charge in [-0.05, 0) is 37.3 Å². The fourth-order valence-corrected chi connectivity index (χ4v) is 3.54. The highest BCUT2D eigenvalue weighted by Crippen LogP contribution is 2.22. The van der Waals surface area contributed by atoms with Crippen molar-refractivity contribution in [3.05, 3.63) is 18.0 Å². The summed E-state index contributed by atoms with van der Waals surface area (Å²) in [6.45, 7) is 0.790. The van der Waals surface area contributed by atoms with Gasteiger partial charge in [0.2, 0.25) is 5.91 Å². The van der Waals surface area contributed by atoms with E-state index in [0.29, 0.717) is 5.92 Å². The molecule has 2 heterocycles. The van der Waals surface area contributed by atoms with Crippen LogP contribution in [0.15, 0.2) is 12.4 Å². The van der Waals surface area contributed by atoms with Crippen LogP contribution in [0.25, 0.3) is 0 Å². The van der Waals surface area contributed by atoms with Crippen molar-refractivity contribution in [3.63, 3.8) is 0 Å². The van der Waals surface area contributed by atoms with Gasteiger partial charge in [-0.2, -0.15) is 16.9 Å². The second-order valence-corrected chi connectivity index (χ2v) is 6.19. The normalized spacial score (nSPS) is 18.2. The molecule has 1 aromatic heterocycles.